The summed E-state index contributed by atoms with van der Waals surface area (Å²) in [6.07, 6.45) is -1.14. The molecule has 0 bridgehead atoms. The maximum absolute atomic E-state index is 11.7. The van der Waals surface area contributed by atoms with Crippen molar-refractivity contribution in [2.45, 2.75) is 25.7 Å². The second-order valence-corrected chi connectivity index (χ2v) is 7.16. The molecular formula is C21H27ClN2O3. The van der Waals surface area contributed by atoms with Gasteiger partial charge in [-0.25, -0.2) is 0 Å². The minimum atomic E-state index is -1.63. The van der Waals surface area contributed by atoms with E-state index in [4.69, 9.17) is 16.3 Å². The third kappa shape index (κ3) is 3.41. The number of hydrogen-bond donors (Lipinski definition) is 2. The average molecular weight is 391 g/mol. The smallest absolute Gasteiger partial charge is 0.165 e. The summed E-state index contributed by atoms with van der Waals surface area (Å²) in [5.41, 5.74) is 0.267. The summed E-state index contributed by atoms with van der Waals surface area (Å²) in [6.45, 7) is 7.48. The largest absolute Gasteiger partial charge is 0.496 e. The Morgan fingerprint density at radius 2 is 1.85 bits per heavy atom. The van der Waals surface area contributed by atoms with E-state index in [2.05, 4.69) is 18.7 Å². The number of rotatable bonds is 7. The number of benzene rings is 2. The van der Waals surface area contributed by atoms with E-state index in [1.54, 1.807) is 31.4 Å². The summed E-state index contributed by atoms with van der Waals surface area (Å²) < 4.78 is 5.45. The molecule has 2 unspecified atom stereocenters. The first kappa shape index (κ1) is 20.0. The molecule has 0 amide bonds. The van der Waals surface area contributed by atoms with Gasteiger partial charge in [0.2, 0.25) is 0 Å². The van der Waals surface area contributed by atoms with E-state index in [9.17, 15) is 10.2 Å². The predicted molar refractivity (Wildman–Crippen MR) is 109 cm³/mol. The highest BCUT2D eigenvalue weighted by Crippen LogP contribution is 2.49. The van der Waals surface area contributed by atoms with Gasteiger partial charge in [-0.15, -0.1) is 0 Å². The second kappa shape index (κ2) is 8.07. The minimum absolute atomic E-state index is 0.514. The summed E-state index contributed by atoms with van der Waals surface area (Å²) in [5.74, 6) is 0.524. The van der Waals surface area contributed by atoms with Crippen LogP contribution in [0.3, 0.4) is 0 Å². The van der Waals surface area contributed by atoms with Gasteiger partial charge in [-0.1, -0.05) is 43.6 Å². The molecule has 0 radical (unpaired) electrons. The van der Waals surface area contributed by atoms with E-state index in [-0.39, 0.29) is 0 Å². The molecule has 3 rings (SSSR count). The Kier molecular flexibility index (Phi) is 5.96. The van der Waals surface area contributed by atoms with Crippen molar-refractivity contribution in [3.63, 3.8) is 0 Å². The number of fused-ring (bicyclic) bond motifs is 1. The Morgan fingerprint density at radius 1 is 1.15 bits per heavy atom. The highest BCUT2D eigenvalue weighted by molar-refractivity contribution is 6.30. The van der Waals surface area contributed by atoms with Gasteiger partial charge in [0.25, 0.3) is 0 Å². The van der Waals surface area contributed by atoms with Crippen LogP contribution in [0, 0.1) is 0 Å². The molecule has 0 aliphatic carbocycles. The van der Waals surface area contributed by atoms with Crippen LogP contribution in [-0.4, -0.2) is 54.6 Å². The average Bonchev–Trinajstić information content (AvgIpc) is 2.90. The zero-order valence-electron chi connectivity index (χ0n) is 16.0. The lowest BCUT2D eigenvalue weighted by molar-refractivity contribution is -0.0400. The Morgan fingerprint density at radius 3 is 2.52 bits per heavy atom. The minimum Gasteiger partial charge on any atom is -0.496 e. The second-order valence-electron chi connectivity index (χ2n) is 6.72. The quantitative estimate of drug-likeness (QED) is 0.761. The van der Waals surface area contributed by atoms with Gasteiger partial charge < -0.3 is 24.7 Å². The molecule has 1 aliphatic rings. The molecule has 5 nitrogen and oxygen atoms in total. The van der Waals surface area contributed by atoms with Crippen molar-refractivity contribution < 1.29 is 14.9 Å². The number of likely N-dealkylation sites (N-methyl/N-ethyl adjacent to an activating group) is 1. The van der Waals surface area contributed by atoms with Crippen LogP contribution in [0.15, 0.2) is 42.5 Å². The van der Waals surface area contributed by atoms with Gasteiger partial charge in [-0.2, -0.15) is 0 Å². The van der Waals surface area contributed by atoms with E-state index >= 15 is 0 Å². The number of ether oxygens (including phenoxy) is 1. The maximum Gasteiger partial charge on any atom is 0.165 e. The van der Waals surface area contributed by atoms with Crippen LogP contribution < -0.4 is 9.64 Å². The molecule has 27 heavy (non-hydrogen) atoms. The van der Waals surface area contributed by atoms with Crippen LogP contribution in [0.4, 0.5) is 5.69 Å². The fourth-order valence-corrected chi connectivity index (χ4v) is 4.01. The van der Waals surface area contributed by atoms with E-state index in [0.717, 1.165) is 25.3 Å². The Bertz CT molecular complexity index is 797. The van der Waals surface area contributed by atoms with Gasteiger partial charge >= 0.3 is 0 Å². The number of para-hydroxylation sites is 1. The number of aliphatic hydroxyl groups is 2. The zero-order chi connectivity index (χ0) is 19.6. The van der Waals surface area contributed by atoms with Crippen LogP contribution in [0.5, 0.6) is 5.75 Å². The molecule has 0 aromatic heterocycles. The van der Waals surface area contributed by atoms with Crippen LogP contribution in [0.25, 0.3) is 0 Å². The number of halogens is 1. The maximum atomic E-state index is 11.7. The van der Waals surface area contributed by atoms with Gasteiger partial charge in [0, 0.05) is 34.9 Å². The van der Waals surface area contributed by atoms with Crippen molar-refractivity contribution in [2.75, 3.05) is 38.2 Å². The number of hydrogen-bond acceptors (Lipinski definition) is 5. The fourth-order valence-electron chi connectivity index (χ4n) is 3.84. The molecule has 0 spiro atoms. The van der Waals surface area contributed by atoms with E-state index in [1.807, 2.05) is 23.1 Å². The van der Waals surface area contributed by atoms with Crippen LogP contribution in [0.1, 0.15) is 25.0 Å². The molecule has 146 valence electrons. The normalized spacial score (nSPS) is 21.6. The van der Waals surface area contributed by atoms with Crippen LogP contribution in [0.2, 0.25) is 5.02 Å². The number of anilines is 1. The SMILES string of the molecule is CCN(CC)CCN1c2ccc(Cl)cc2C(O)(c2ccccc2OC)C1O. The summed E-state index contributed by atoms with van der Waals surface area (Å²) in [4.78, 5) is 4.12. The third-order valence-corrected chi connectivity index (χ3v) is 5.65. The molecule has 2 aromatic rings. The van der Waals surface area contributed by atoms with Crippen molar-refractivity contribution in [1.29, 1.82) is 0 Å². The van der Waals surface area contributed by atoms with E-state index in [0.29, 0.717) is 28.4 Å². The lowest BCUT2D eigenvalue weighted by atomic mass is 9.86. The first-order valence-electron chi connectivity index (χ1n) is 9.30. The Balaban J connectivity index is 2.07. The Hall–Kier alpha value is -1.79. The van der Waals surface area contributed by atoms with Crippen molar-refractivity contribution in [2.24, 2.45) is 0 Å². The standard InChI is InChI=1S/C21H27ClN2O3/c1-4-23(5-2)12-13-24-18-11-10-15(22)14-17(18)21(26,20(24)25)16-8-6-7-9-19(16)27-3/h6-11,14,20,25-26H,4-5,12-13H2,1-3H3. The molecule has 0 saturated heterocycles. The topological polar surface area (TPSA) is 56.2 Å². The molecule has 2 aromatic carbocycles. The molecule has 0 saturated carbocycles. The molecule has 1 heterocycles. The Labute approximate surface area is 165 Å². The summed E-state index contributed by atoms with van der Waals surface area (Å²) >= 11 is 6.23. The van der Waals surface area contributed by atoms with E-state index in [1.165, 1.54) is 0 Å². The molecular weight excluding hydrogens is 364 g/mol. The lowest BCUT2D eigenvalue weighted by Crippen LogP contribution is -2.48. The van der Waals surface area contributed by atoms with Crippen molar-refractivity contribution in [3.8, 4) is 5.75 Å². The number of methoxy groups -OCH3 is 1. The van der Waals surface area contributed by atoms with Gasteiger partial charge in [0.15, 0.2) is 11.8 Å². The molecule has 2 atom stereocenters. The highest BCUT2D eigenvalue weighted by atomic mass is 35.5. The molecule has 1 aliphatic heterocycles. The van der Waals surface area contributed by atoms with Crippen LogP contribution >= 0.6 is 11.6 Å². The lowest BCUT2D eigenvalue weighted by Gasteiger charge is -2.33. The summed E-state index contributed by atoms with van der Waals surface area (Å²) in [7, 11) is 1.56. The van der Waals surface area contributed by atoms with Crippen molar-refractivity contribution >= 4 is 17.3 Å². The zero-order valence-corrected chi connectivity index (χ0v) is 16.8. The third-order valence-electron chi connectivity index (χ3n) is 5.42. The van der Waals surface area contributed by atoms with Crippen LogP contribution in [-0.2, 0) is 5.60 Å². The van der Waals surface area contributed by atoms with Gasteiger partial charge in [0.1, 0.15) is 5.75 Å². The summed E-state index contributed by atoms with van der Waals surface area (Å²) in [6, 6.07) is 12.6. The summed E-state index contributed by atoms with van der Waals surface area (Å²) in [5, 5.41) is 23.5. The van der Waals surface area contributed by atoms with Gasteiger partial charge in [-0.05, 0) is 37.4 Å². The van der Waals surface area contributed by atoms with Crippen molar-refractivity contribution in [3.05, 3.63) is 58.6 Å². The first-order chi connectivity index (χ1) is 13.0. The van der Waals surface area contributed by atoms with Gasteiger partial charge in [-0.3, -0.25) is 0 Å². The molecule has 6 heteroatoms. The fraction of sp³-hybridized carbons (Fsp3) is 0.429. The predicted octanol–water partition coefficient (Wildman–Crippen LogP) is 3.06. The number of nitrogens with zero attached hydrogens (tertiary/aromatic N) is 2. The van der Waals surface area contributed by atoms with Crippen molar-refractivity contribution in [1.82, 2.24) is 4.90 Å². The first-order valence-corrected chi connectivity index (χ1v) is 9.68. The molecule has 0 fully saturated rings. The molecule has 2 N–H and O–H groups in total. The van der Waals surface area contributed by atoms with E-state index < -0.39 is 11.8 Å². The highest BCUT2D eigenvalue weighted by Gasteiger charge is 2.52. The number of aliphatic hydroxyl groups excluding tert-OH is 1. The van der Waals surface area contributed by atoms with Gasteiger partial charge in [0.05, 0.1) is 7.11 Å². The monoisotopic (exact) mass is 390 g/mol.